The van der Waals surface area contributed by atoms with Crippen molar-refractivity contribution in [1.29, 1.82) is 0 Å². The Morgan fingerprint density at radius 2 is 2.12 bits per heavy atom. The van der Waals surface area contributed by atoms with Crippen molar-refractivity contribution < 1.29 is 0 Å². The van der Waals surface area contributed by atoms with Crippen molar-refractivity contribution in [3.8, 4) is 0 Å². The van der Waals surface area contributed by atoms with Gasteiger partial charge in [-0.3, -0.25) is 0 Å². The van der Waals surface area contributed by atoms with Crippen LogP contribution in [0.3, 0.4) is 0 Å². The van der Waals surface area contributed by atoms with Crippen LogP contribution in [0.4, 0.5) is 11.4 Å². The molecule has 0 spiro atoms. The van der Waals surface area contributed by atoms with E-state index >= 15 is 0 Å². The Bertz CT molecular complexity index is 353. The van der Waals surface area contributed by atoms with Crippen molar-refractivity contribution in [2.24, 2.45) is 0 Å². The van der Waals surface area contributed by atoms with E-state index in [-0.39, 0.29) is 0 Å². The topological polar surface area (TPSA) is 41.3 Å². The summed E-state index contributed by atoms with van der Waals surface area (Å²) in [5.41, 5.74) is 7.71. The molecule has 0 atom stereocenters. The van der Waals surface area contributed by atoms with Gasteiger partial charge in [0, 0.05) is 27.5 Å². The van der Waals surface area contributed by atoms with E-state index in [0.29, 0.717) is 6.04 Å². The van der Waals surface area contributed by atoms with Crippen molar-refractivity contribution in [2.45, 2.75) is 26.3 Å². The minimum Gasteiger partial charge on any atom is -0.399 e. The fourth-order valence-corrected chi connectivity index (χ4v) is 2.21. The molecule has 0 saturated carbocycles. The van der Waals surface area contributed by atoms with Gasteiger partial charge in [-0.15, -0.1) is 0 Å². The zero-order valence-electron chi connectivity index (χ0n) is 10.8. The molecule has 0 heterocycles. The highest BCUT2D eigenvalue weighted by Gasteiger charge is 2.03. The molecule has 4 heteroatoms. The summed E-state index contributed by atoms with van der Waals surface area (Å²) in [5.74, 6) is 0. The fourth-order valence-electron chi connectivity index (χ4n) is 1.48. The summed E-state index contributed by atoms with van der Waals surface area (Å²) < 4.78 is 1.18. The van der Waals surface area contributed by atoms with Gasteiger partial charge in [-0.2, -0.15) is 0 Å². The maximum absolute atomic E-state index is 5.72. The van der Waals surface area contributed by atoms with Crippen LogP contribution in [-0.2, 0) is 0 Å². The molecule has 96 valence electrons. The number of nitrogens with two attached hydrogens (primary N) is 1. The lowest BCUT2D eigenvalue weighted by molar-refractivity contribution is 0.273. The second kappa shape index (κ2) is 7.06. The van der Waals surface area contributed by atoms with Gasteiger partial charge in [-0.05, 0) is 74.7 Å². The van der Waals surface area contributed by atoms with E-state index in [4.69, 9.17) is 5.73 Å². The van der Waals surface area contributed by atoms with Crippen LogP contribution in [0.15, 0.2) is 18.2 Å². The first-order valence-corrected chi connectivity index (χ1v) is 7.07. The van der Waals surface area contributed by atoms with E-state index in [0.717, 1.165) is 25.2 Å². The van der Waals surface area contributed by atoms with Gasteiger partial charge in [-0.25, -0.2) is 0 Å². The second-order valence-corrected chi connectivity index (χ2v) is 5.76. The summed E-state index contributed by atoms with van der Waals surface area (Å²) in [6.07, 6.45) is 1.15. The van der Waals surface area contributed by atoms with Crippen LogP contribution in [0.2, 0.25) is 0 Å². The number of nitrogens with one attached hydrogen (secondary N) is 1. The Morgan fingerprint density at radius 3 is 2.71 bits per heavy atom. The molecular formula is C13H22IN3. The smallest absolute Gasteiger partial charge is 0.0477 e. The summed E-state index contributed by atoms with van der Waals surface area (Å²) in [7, 11) is 2.16. The van der Waals surface area contributed by atoms with Gasteiger partial charge in [-0.1, -0.05) is 0 Å². The minimum atomic E-state index is 0.617. The first-order chi connectivity index (χ1) is 8.00. The number of nitrogen functional groups attached to an aromatic ring is 1. The number of anilines is 2. The third kappa shape index (κ3) is 5.12. The Labute approximate surface area is 118 Å². The summed E-state index contributed by atoms with van der Waals surface area (Å²) >= 11 is 2.31. The molecule has 0 amide bonds. The quantitative estimate of drug-likeness (QED) is 0.472. The lowest BCUT2D eigenvalue weighted by Gasteiger charge is -2.21. The molecule has 3 nitrogen and oxygen atoms in total. The van der Waals surface area contributed by atoms with Crippen LogP contribution in [0.1, 0.15) is 20.3 Å². The van der Waals surface area contributed by atoms with Gasteiger partial charge >= 0.3 is 0 Å². The molecule has 3 N–H and O–H groups in total. The van der Waals surface area contributed by atoms with Crippen LogP contribution in [0, 0.1) is 3.57 Å². The van der Waals surface area contributed by atoms with E-state index in [9.17, 15) is 0 Å². The summed E-state index contributed by atoms with van der Waals surface area (Å²) in [6.45, 7) is 6.56. The van der Waals surface area contributed by atoms with Gasteiger partial charge < -0.3 is 16.0 Å². The van der Waals surface area contributed by atoms with E-state index in [1.807, 2.05) is 18.2 Å². The van der Waals surface area contributed by atoms with Gasteiger partial charge in [0.1, 0.15) is 0 Å². The highest BCUT2D eigenvalue weighted by atomic mass is 127. The van der Waals surface area contributed by atoms with E-state index in [2.05, 4.69) is 53.7 Å². The van der Waals surface area contributed by atoms with E-state index in [1.165, 1.54) is 9.26 Å². The summed E-state index contributed by atoms with van der Waals surface area (Å²) in [4.78, 5) is 2.36. The van der Waals surface area contributed by atoms with E-state index in [1.54, 1.807) is 0 Å². The van der Waals surface area contributed by atoms with Crippen molar-refractivity contribution in [2.75, 3.05) is 31.2 Å². The SMILES string of the molecule is CC(C)N(C)CCCNc1ccc(N)cc1I. The average molecular weight is 347 g/mol. The molecule has 0 radical (unpaired) electrons. The van der Waals surface area contributed by atoms with Crippen molar-refractivity contribution in [3.63, 3.8) is 0 Å². The lowest BCUT2D eigenvalue weighted by Crippen LogP contribution is -2.28. The molecule has 0 aliphatic heterocycles. The highest BCUT2D eigenvalue weighted by Crippen LogP contribution is 2.20. The molecule has 1 aromatic rings. The number of nitrogens with zero attached hydrogens (tertiary/aromatic N) is 1. The molecule has 0 saturated heterocycles. The third-order valence-corrected chi connectivity index (χ3v) is 3.77. The lowest BCUT2D eigenvalue weighted by atomic mass is 10.2. The van der Waals surface area contributed by atoms with Crippen LogP contribution in [0.25, 0.3) is 0 Å². The van der Waals surface area contributed by atoms with Gasteiger partial charge in [0.05, 0.1) is 0 Å². The number of halogens is 1. The largest absolute Gasteiger partial charge is 0.399 e. The number of hydrogen-bond acceptors (Lipinski definition) is 3. The minimum absolute atomic E-state index is 0.617. The summed E-state index contributed by atoms with van der Waals surface area (Å²) in [6, 6.07) is 6.59. The average Bonchev–Trinajstić information content (AvgIpc) is 2.26. The molecule has 0 aromatic heterocycles. The molecule has 0 aliphatic carbocycles. The Balaban J connectivity index is 2.31. The molecule has 17 heavy (non-hydrogen) atoms. The molecule has 1 aromatic carbocycles. The predicted octanol–water partition coefficient (Wildman–Crippen LogP) is 3.02. The van der Waals surface area contributed by atoms with Crippen molar-refractivity contribution in [1.82, 2.24) is 4.90 Å². The maximum atomic E-state index is 5.72. The molecule has 0 unspecified atom stereocenters. The Hall–Kier alpha value is -0.490. The maximum Gasteiger partial charge on any atom is 0.0477 e. The molecule has 0 bridgehead atoms. The standard InChI is InChI=1S/C13H22IN3/c1-10(2)17(3)8-4-7-16-13-6-5-11(15)9-12(13)14/h5-6,9-10,16H,4,7-8,15H2,1-3H3. The first-order valence-electron chi connectivity index (χ1n) is 6.00. The second-order valence-electron chi connectivity index (χ2n) is 4.59. The third-order valence-electron chi connectivity index (χ3n) is 2.88. The number of rotatable bonds is 6. The first kappa shape index (κ1) is 14.6. The molecule has 0 aliphatic rings. The van der Waals surface area contributed by atoms with Crippen LogP contribution < -0.4 is 11.1 Å². The Morgan fingerprint density at radius 1 is 1.41 bits per heavy atom. The van der Waals surface area contributed by atoms with Gasteiger partial charge in [0.15, 0.2) is 0 Å². The number of hydrogen-bond donors (Lipinski definition) is 2. The molecule has 0 fully saturated rings. The fraction of sp³-hybridized carbons (Fsp3) is 0.538. The van der Waals surface area contributed by atoms with Crippen LogP contribution in [0.5, 0.6) is 0 Å². The zero-order valence-corrected chi connectivity index (χ0v) is 13.0. The monoisotopic (exact) mass is 347 g/mol. The normalized spacial score (nSPS) is 11.2. The highest BCUT2D eigenvalue weighted by molar-refractivity contribution is 14.1. The van der Waals surface area contributed by atoms with Crippen molar-refractivity contribution in [3.05, 3.63) is 21.8 Å². The van der Waals surface area contributed by atoms with Gasteiger partial charge in [0.25, 0.3) is 0 Å². The van der Waals surface area contributed by atoms with Crippen molar-refractivity contribution >= 4 is 34.0 Å². The van der Waals surface area contributed by atoms with E-state index < -0.39 is 0 Å². The van der Waals surface area contributed by atoms with Crippen LogP contribution >= 0.6 is 22.6 Å². The number of benzene rings is 1. The molecule has 1 rings (SSSR count). The molecular weight excluding hydrogens is 325 g/mol. The zero-order chi connectivity index (χ0) is 12.8. The summed E-state index contributed by atoms with van der Waals surface area (Å²) in [5, 5.41) is 3.44. The predicted molar refractivity (Wildman–Crippen MR) is 84.4 cm³/mol. The van der Waals surface area contributed by atoms with Gasteiger partial charge in [0.2, 0.25) is 0 Å². The Kier molecular flexibility index (Phi) is 6.05. The van der Waals surface area contributed by atoms with Crippen LogP contribution in [-0.4, -0.2) is 31.1 Å².